The molecule has 0 saturated heterocycles. The van der Waals surface area contributed by atoms with Gasteiger partial charge in [-0.05, 0) is 24.5 Å². The van der Waals surface area contributed by atoms with Crippen molar-refractivity contribution in [1.29, 1.82) is 0 Å². The lowest BCUT2D eigenvalue weighted by Crippen LogP contribution is -2.44. The molecule has 0 radical (unpaired) electrons. The predicted molar refractivity (Wildman–Crippen MR) is 69.5 cm³/mol. The summed E-state index contributed by atoms with van der Waals surface area (Å²) in [6, 6.07) is 1.65. The highest BCUT2D eigenvalue weighted by atomic mass is 19.2. The Hall–Kier alpha value is -2.18. The van der Waals surface area contributed by atoms with Gasteiger partial charge < -0.3 is 10.2 Å². The minimum absolute atomic E-state index is 0.0779. The quantitative estimate of drug-likeness (QED) is 0.856. The van der Waals surface area contributed by atoms with E-state index in [1.165, 1.54) is 7.05 Å². The van der Waals surface area contributed by atoms with Crippen molar-refractivity contribution in [3.63, 3.8) is 0 Å². The fourth-order valence-electron chi connectivity index (χ4n) is 2.22. The molecule has 1 aromatic carbocycles. The Bertz CT molecular complexity index is 549. The SMILES string of the molecule is CNC(=O)NC(=O)CN1CCCc2cc(F)c(F)cc21. The number of rotatable bonds is 2. The van der Waals surface area contributed by atoms with Gasteiger partial charge in [0.15, 0.2) is 11.6 Å². The first kappa shape index (κ1) is 14.2. The molecule has 1 heterocycles. The van der Waals surface area contributed by atoms with E-state index in [0.717, 1.165) is 18.6 Å². The number of hydrogen-bond donors (Lipinski definition) is 2. The molecule has 20 heavy (non-hydrogen) atoms. The van der Waals surface area contributed by atoms with Crippen LogP contribution < -0.4 is 15.5 Å². The maximum atomic E-state index is 13.3. The molecule has 1 aliphatic heterocycles. The number of carbonyl (C=O) groups excluding carboxylic acids is 2. The summed E-state index contributed by atoms with van der Waals surface area (Å²) < 4.78 is 26.5. The summed E-state index contributed by atoms with van der Waals surface area (Å²) in [4.78, 5) is 24.3. The van der Waals surface area contributed by atoms with Crippen molar-refractivity contribution in [3.05, 3.63) is 29.3 Å². The van der Waals surface area contributed by atoms with Gasteiger partial charge in [-0.1, -0.05) is 0 Å². The van der Waals surface area contributed by atoms with Crippen LogP contribution in [0.5, 0.6) is 0 Å². The molecule has 108 valence electrons. The summed E-state index contributed by atoms with van der Waals surface area (Å²) >= 11 is 0. The zero-order valence-electron chi connectivity index (χ0n) is 11.0. The van der Waals surface area contributed by atoms with Gasteiger partial charge in [-0.2, -0.15) is 0 Å². The molecule has 1 aliphatic rings. The first-order valence-corrected chi connectivity index (χ1v) is 6.25. The molecule has 0 aliphatic carbocycles. The van der Waals surface area contributed by atoms with Crippen LogP contribution >= 0.6 is 0 Å². The number of imide groups is 1. The molecule has 7 heteroatoms. The van der Waals surface area contributed by atoms with Crippen LogP contribution in [0.2, 0.25) is 0 Å². The molecule has 0 aromatic heterocycles. The number of hydrogen-bond acceptors (Lipinski definition) is 3. The van der Waals surface area contributed by atoms with Crippen LogP contribution in [0, 0.1) is 11.6 Å². The number of carbonyl (C=O) groups is 2. The Labute approximate surface area is 114 Å². The molecule has 0 unspecified atom stereocenters. The molecule has 3 amide bonds. The van der Waals surface area contributed by atoms with Crippen molar-refractivity contribution in [2.75, 3.05) is 25.0 Å². The molecule has 5 nitrogen and oxygen atoms in total. The molecule has 0 fully saturated rings. The number of amides is 3. The molecular weight excluding hydrogens is 268 g/mol. The van der Waals surface area contributed by atoms with Gasteiger partial charge in [-0.15, -0.1) is 0 Å². The van der Waals surface area contributed by atoms with Crippen molar-refractivity contribution in [3.8, 4) is 0 Å². The van der Waals surface area contributed by atoms with Crippen LogP contribution in [0.25, 0.3) is 0 Å². The summed E-state index contributed by atoms with van der Waals surface area (Å²) in [5.74, 6) is -2.33. The maximum absolute atomic E-state index is 13.3. The van der Waals surface area contributed by atoms with Crippen LogP contribution in [0.1, 0.15) is 12.0 Å². The molecular formula is C13H15F2N3O2. The van der Waals surface area contributed by atoms with E-state index in [4.69, 9.17) is 0 Å². The minimum Gasteiger partial charge on any atom is -0.362 e. The fourth-order valence-corrected chi connectivity index (χ4v) is 2.22. The van der Waals surface area contributed by atoms with Crippen LogP contribution in [0.4, 0.5) is 19.3 Å². The van der Waals surface area contributed by atoms with Crippen molar-refractivity contribution < 1.29 is 18.4 Å². The molecule has 2 N–H and O–H groups in total. The molecule has 0 saturated carbocycles. The Morgan fingerprint density at radius 1 is 1.30 bits per heavy atom. The van der Waals surface area contributed by atoms with Crippen LogP contribution in [-0.4, -0.2) is 32.1 Å². The first-order valence-electron chi connectivity index (χ1n) is 6.25. The number of aryl methyl sites for hydroxylation is 1. The topological polar surface area (TPSA) is 61.4 Å². The largest absolute Gasteiger partial charge is 0.362 e. The Balaban J connectivity index is 2.14. The third kappa shape index (κ3) is 3.04. The van der Waals surface area contributed by atoms with Crippen LogP contribution in [0.3, 0.4) is 0 Å². The van der Waals surface area contributed by atoms with E-state index in [0.29, 0.717) is 24.2 Å². The standard InChI is InChI=1S/C13H15F2N3O2/c1-16-13(20)17-12(19)7-18-4-2-3-8-5-9(14)10(15)6-11(8)18/h5-6H,2-4,7H2,1H3,(H2,16,17,19,20). The van der Waals surface area contributed by atoms with Gasteiger partial charge in [0.1, 0.15) is 0 Å². The van der Waals surface area contributed by atoms with E-state index >= 15 is 0 Å². The van der Waals surface area contributed by atoms with Crippen molar-refractivity contribution in [2.24, 2.45) is 0 Å². The number of urea groups is 1. The fraction of sp³-hybridized carbons (Fsp3) is 0.385. The monoisotopic (exact) mass is 283 g/mol. The smallest absolute Gasteiger partial charge is 0.321 e. The zero-order valence-corrected chi connectivity index (χ0v) is 11.0. The molecule has 0 bridgehead atoms. The summed E-state index contributed by atoms with van der Waals surface area (Å²) in [5.41, 5.74) is 1.17. The highest BCUT2D eigenvalue weighted by molar-refractivity contribution is 5.96. The predicted octanol–water partition coefficient (Wildman–Crippen LogP) is 1.17. The van der Waals surface area contributed by atoms with Gasteiger partial charge in [0.05, 0.1) is 6.54 Å². The lowest BCUT2D eigenvalue weighted by molar-refractivity contribution is -0.118. The second-order valence-electron chi connectivity index (χ2n) is 4.55. The van der Waals surface area contributed by atoms with E-state index in [9.17, 15) is 18.4 Å². The molecule has 0 spiro atoms. The highest BCUT2D eigenvalue weighted by Crippen LogP contribution is 2.29. The average Bonchev–Trinajstić information content (AvgIpc) is 2.40. The lowest BCUT2D eigenvalue weighted by atomic mass is 10.0. The van der Waals surface area contributed by atoms with Crippen LogP contribution in [-0.2, 0) is 11.2 Å². The Morgan fingerprint density at radius 3 is 2.70 bits per heavy atom. The molecule has 2 rings (SSSR count). The normalized spacial score (nSPS) is 13.7. The minimum atomic E-state index is -0.942. The highest BCUT2D eigenvalue weighted by Gasteiger charge is 2.22. The third-order valence-electron chi connectivity index (χ3n) is 3.15. The van der Waals surface area contributed by atoms with Crippen molar-refractivity contribution >= 4 is 17.6 Å². The van der Waals surface area contributed by atoms with Gasteiger partial charge in [-0.25, -0.2) is 13.6 Å². The number of fused-ring (bicyclic) bond motifs is 1. The van der Waals surface area contributed by atoms with E-state index in [-0.39, 0.29) is 6.54 Å². The number of nitrogens with one attached hydrogen (secondary N) is 2. The summed E-state index contributed by atoms with van der Waals surface area (Å²) in [6.07, 6.45) is 1.38. The van der Waals surface area contributed by atoms with Gasteiger partial charge in [0.2, 0.25) is 5.91 Å². The number of benzene rings is 1. The van der Waals surface area contributed by atoms with Gasteiger partial charge in [-0.3, -0.25) is 10.1 Å². The van der Waals surface area contributed by atoms with Crippen molar-refractivity contribution in [1.82, 2.24) is 10.6 Å². The van der Waals surface area contributed by atoms with Crippen molar-refractivity contribution in [2.45, 2.75) is 12.8 Å². The number of halogens is 2. The van der Waals surface area contributed by atoms with Gasteiger partial charge in [0.25, 0.3) is 0 Å². The first-order chi connectivity index (χ1) is 9.51. The van der Waals surface area contributed by atoms with Gasteiger partial charge >= 0.3 is 6.03 Å². The van der Waals surface area contributed by atoms with E-state index in [1.54, 1.807) is 4.90 Å². The van der Waals surface area contributed by atoms with Crippen LogP contribution in [0.15, 0.2) is 12.1 Å². The average molecular weight is 283 g/mol. The number of nitrogens with zero attached hydrogens (tertiary/aromatic N) is 1. The maximum Gasteiger partial charge on any atom is 0.321 e. The summed E-state index contributed by atoms with van der Waals surface area (Å²) in [6.45, 7) is 0.477. The summed E-state index contributed by atoms with van der Waals surface area (Å²) in [5, 5.41) is 4.41. The Morgan fingerprint density at radius 2 is 2.00 bits per heavy atom. The van der Waals surface area contributed by atoms with Gasteiger partial charge in [0, 0.05) is 25.3 Å². The number of anilines is 1. The van der Waals surface area contributed by atoms with E-state index in [1.807, 2.05) is 0 Å². The Kier molecular flexibility index (Phi) is 4.16. The third-order valence-corrected chi connectivity index (χ3v) is 3.15. The molecule has 0 atom stereocenters. The zero-order chi connectivity index (χ0) is 14.7. The van der Waals surface area contributed by atoms with E-state index < -0.39 is 23.6 Å². The summed E-state index contributed by atoms with van der Waals surface area (Å²) in [7, 11) is 1.40. The molecule has 1 aromatic rings. The second-order valence-corrected chi connectivity index (χ2v) is 4.55. The van der Waals surface area contributed by atoms with E-state index in [2.05, 4.69) is 10.6 Å². The lowest BCUT2D eigenvalue weighted by Gasteiger charge is -2.30. The second kappa shape index (κ2) is 5.85.